The maximum Gasteiger partial charge on any atom is 0.410 e. The molecule has 0 saturated carbocycles. The predicted octanol–water partition coefficient (Wildman–Crippen LogP) is 5.77. The first-order valence-corrected chi connectivity index (χ1v) is 13.4. The second kappa shape index (κ2) is 10.1. The molecule has 208 valence electrons. The fraction of sp³-hybridized carbons (Fsp3) is 0.226. The number of carbonyl (C=O) groups is 2. The molecule has 0 fully saturated rings. The molecular weight excluding hydrogens is 518 g/mol. The average Bonchev–Trinajstić information content (AvgIpc) is 3.57. The van der Waals surface area contributed by atoms with Crippen LogP contribution in [-0.2, 0) is 4.74 Å². The molecule has 0 bridgehead atoms. The number of rotatable bonds is 5. The number of para-hydroxylation sites is 1. The summed E-state index contributed by atoms with van der Waals surface area (Å²) in [6.07, 6.45) is 5.93. The van der Waals surface area contributed by atoms with Crippen LogP contribution in [0.1, 0.15) is 43.2 Å². The smallest absolute Gasteiger partial charge is 0.410 e. The molecule has 0 saturated heterocycles. The largest absolute Gasteiger partial charge is 0.444 e. The fourth-order valence-electron chi connectivity index (χ4n) is 5.04. The first-order valence-electron chi connectivity index (χ1n) is 13.4. The molecule has 1 aliphatic heterocycles. The molecule has 41 heavy (non-hydrogen) atoms. The van der Waals surface area contributed by atoms with E-state index >= 15 is 0 Å². The van der Waals surface area contributed by atoms with Gasteiger partial charge < -0.3 is 25.7 Å². The number of pyridine rings is 1. The van der Waals surface area contributed by atoms with Crippen molar-refractivity contribution in [2.24, 2.45) is 5.73 Å². The average molecular weight is 550 g/mol. The number of nitrogens with zero attached hydrogens (tertiary/aromatic N) is 4. The molecule has 5 aromatic rings. The second-order valence-electron chi connectivity index (χ2n) is 11.0. The lowest BCUT2D eigenvalue weighted by Crippen LogP contribution is -2.39. The van der Waals surface area contributed by atoms with Crippen molar-refractivity contribution in [1.29, 1.82) is 0 Å². The van der Waals surface area contributed by atoms with Gasteiger partial charge in [-0.25, -0.2) is 14.8 Å². The minimum absolute atomic E-state index is 0.297. The zero-order chi connectivity index (χ0) is 28.7. The van der Waals surface area contributed by atoms with E-state index < -0.39 is 11.5 Å². The fourth-order valence-corrected chi connectivity index (χ4v) is 5.04. The highest BCUT2D eigenvalue weighted by molar-refractivity contribution is 5.98. The van der Waals surface area contributed by atoms with Gasteiger partial charge in [0.25, 0.3) is 5.91 Å². The lowest BCUT2D eigenvalue weighted by Gasteiger charge is -2.29. The Morgan fingerprint density at radius 2 is 1.90 bits per heavy atom. The summed E-state index contributed by atoms with van der Waals surface area (Å²) in [5.74, 6) is -0.496. The number of hydrogen-bond donors (Lipinski definition) is 3. The van der Waals surface area contributed by atoms with Crippen molar-refractivity contribution in [3.05, 3.63) is 84.5 Å². The number of primary amides is 1. The number of imidazole rings is 1. The maximum absolute atomic E-state index is 12.5. The van der Waals surface area contributed by atoms with Crippen LogP contribution in [0.3, 0.4) is 0 Å². The zero-order valence-corrected chi connectivity index (χ0v) is 23.1. The van der Waals surface area contributed by atoms with Crippen molar-refractivity contribution in [3.63, 3.8) is 0 Å². The van der Waals surface area contributed by atoms with Crippen molar-refractivity contribution in [3.8, 4) is 5.69 Å². The van der Waals surface area contributed by atoms with Gasteiger partial charge in [-0.15, -0.1) is 0 Å². The van der Waals surface area contributed by atoms with Gasteiger partial charge in [0.1, 0.15) is 17.6 Å². The Kier molecular flexibility index (Phi) is 6.45. The van der Waals surface area contributed by atoms with E-state index in [9.17, 15) is 9.59 Å². The van der Waals surface area contributed by atoms with Crippen LogP contribution < -0.4 is 11.1 Å². The molecule has 1 aliphatic rings. The highest BCUT2D eigenvalue weighted by atomic mass is 16.6. The van der Waals surface area contributed by atoms with Crippen molar-refractivity contribution in [1.82, 2.24) is 24.4 Å². The summed E-state index contributed by atoms with van der Waals surface area (Å²) in [5.41, 5.74) is 12.5. The predicted molar refractivity (Wildman–Crippen MR) is 159 cm³/mol. The highest BCUT2D eigenvalue weighted by Crippen LogP contribution is 2.32. The van der Waals surface area contributed by atoms with Gasteiger partial charge in [0, 0.05) is 36.1 Å². The van der Waals surface area contributed by atoms with Crippen molar-refractivity contribution in [2.75, 3.05) is 18.4 Å². The quantitative estimate of drug-likeness (QED) is 0.255. The number of H-pyrrole nitrogens is 1. The second-order valence-corrected chi connectivity index (χ2v) is 11.0. The van der Waals surface area contributed by atoms with Crippen molar-refractivity contribution in [2.45, 2.75) is 32.8 Å². The molecule has 2 aromatic carbocycles. The lowest BCUT2D eigenvalue weighted by atomic mass is 10.0. The monoisotopic (exact) mass is 549 g/mol. The van der Waals surface area contributed by atoms with Gasteiger partial charge in [0.05, 0.1) is 28.0 Å². The molecule has 10 nitrogen and oxygen atoms in total. The van der Waals surface area contributed by atoms with Gasteiger partial charge in [0.2, 0.25) is 0 Å². The SMILES string of the molecule is CC(C)(C)OC(=O)N1CC=C(c2cc3c(Nc4ccc5ncn(-c6ccccc6C(N)=O)c5c4)ccnc3[nH]2)CC1. The third kappa shape index (κ3) is 5.23. The van der Waals surface area contributed by atoms with Crippen LogP contribution in [0, 0.1) is 0 Å². The summed E-state index contributed by atoms with van der Waals surface area (Å²) in [6.45, 7) is 6.68. The van der Waals surface area contributed by atoms with Gasteiger partial charge in [-0.3, -0.25) is 9.36 Å². The number of ether oxygens (including phenoxy) is 1. The van der Waals surface area contributed by atoms with E-state index in [1.807, 2.05) is 61.7 Å². The number of aromatic amines is 1. The van der Waals surface area contributed by atoms with Crippen LogP contribution in [0.15, 0.2) is 73.2 Å². The molecule has 4 heterocycles. The molecule has 0 unspecified atom stereocenters. The van der Waals surface area contributed by atoms with E-state index in [0.29, 0.717) is 30.8 Å². The van der Waals surface area contributed by atoms with Gasteiger partial charge in [-0.2, -0.15) is 0 Å². The topological polar surface area (TPSA) is 131 Å². The Morgan fingerprint density at radius 1 is 1.07 bits per heavy atom. The maximum atomic E-state index is 12.5. The van der Waals surface area contributed by atoms with Crippen molar-refractivity contribution >= 4 is 51.0 Å². The van der Waals surface area contributed by atoms with Gasteiger partial charge in [0.15, 0.2) is 0 Å². The highest BCUT2D eigenvalue weighted by Gasteiger charge is 2.24. The Hall–Kier alpha value is -5.12. The van der Waals surface area contributed by atoms with E-state index in [1.165, 1.54) is 0 Å². The summed E-state index contributed by atoms with van der Waals surface area (Å²) in [7, 11) is 0. The molecule has 0 atom stereocenters. The number of benzene rings is 2. The Balaban J connectivity index is 1.27. The standard InChI is InChI=1S/C31H31N7O3/c1-31(2,3)41-30(40)37-14-11-19(12-15-37)25-17-22-23(10-13-33-29(22)36-25)35-20-8-9-24-27(16-20)38(18-34-24)26-7-5-4-6-21(26)28(32)39/h4-11,13,16-18H,12,14-15H2,1-3H3,(H2,32,39)(H2,33,35,36). The van der Waals surface area contributed by atoms with Crippen LogP contribution in [0.4, 0.5) is 16.2 Å². The summed E-state index contributed by atoms with van der Waals surface area (Å²) in [5, 5.41) is 4.47. The number of aromatic nitrogens is 4. The van der Waals surface area contributed by atoms with Crippen LogP contribution in [0.5, 0.6) is 0 Å². The number of hydrogen-bond acceptors (Lipinski definition) is 6. The molecule has 0 radical (unpaired) electrons. The van der Waals surface area contributed by atoms with Gasteiger partial charge >= 0.3 is 6.09 Å². The molecular formula is C31H31N7O3. The van der Waals surface area contributed by atoms with E-state index in [4.69, 9.17) is 10.5 Å². The van der Waals surface area contributed by atoms with Crippen molar-refractivity contribution < 1.29 is 14.3 Å². The van der Waals surface area contributed by atoms with E-state index in [2.05, 4.69) is 32.4 Å². The number of nitrogens with two attached hydrogens (primary N) is 1. The molecule has 6 rings (SSSR count). The Morgan fingerprint density at radius 3 is 2.66 bits per heavy atom. The van der Waals surface area contributed by atoms with Crippen LogP contribution in [0.25, 0.3) is 33.3 Å². The third-order valence-corrected chi connectivity index (χ3v) is 6.99. The van der Waals surface area contributed by atoms with E-state index in [1.54, 1.807) is 29.6 Å². The molecule has 0 aliphatic carbocycles. The Bertz CT molecular complexity index is 1830. The first kappa shape index (κ1) is 26.1. The molecule has 10 heteroatoms. The summed E-state index contributed by atoms with van der Waals surface area (Å²) in [4.78, 5) is 38.7. The summed E-state index contributed by atoms with van der Waals surface area (Å²) < 4.78 is 7.38. The number of amides is 2. The lowest BCUT2D eigenvalue weighted by molar-refractivity contribution is 0.0270. The number of nitrogens with one attached hydrogen (secondary N) is 2. The third-order valence-electron chi connectivity index (χ3n) is 6.99. The number of anilines is 2. The minimum Gasteiger partial charge on any atom is -0.444 e. The van der Waals surface area contributed by atoms with Crippen LogP contribution >= 0.6 is 0 Å². The van der Waals surface area contributed by atoms with Gasteiger partial charge in [-0.05, 0) is 75.2 Å². The molecule has 3 aromatic heterocycles. The van der Waals surface area contributed by atoms with E-state index in [-0.39, 0.29) is 6.09 Å². The van der Waals surface area contributed by atoms with E-state index in [0.717, 1.165) is 44.7 Å². The number of fused-ring (bicyclic) bond motifs is 2. The molecule has 0 spiro atoms. The minimum atomic E-state index is -0.522. The normalized spacial score (nSPS) is 13.8. The van der Waals surface area contributed by atoms with Crippen LogP contribution in [-0.4, -0.2) is 55.1 Å². The molecule has 2 amide bonds. The zero-order valence-electron chi connectivity index (χ0n) is 23.1. The summed E-state index contributed by atoms with van der Waals surface area (Å²) >= 11 is 0. The molecule has 4 N–H and O–H groups in total. The Labute approximate surface area is 236 Å². The van der Waals surface area contributed by atoms with Gasteiger partial charge in [-0.1, -0.05) is 18.2 Å². The first-order chi connectivity index (χ1) is 19.7. The number of carbonyl (C=O) groups excluding carboxylic acids is 2. The summed E-state index contributed by atoms with van der Waals surface area (Å²) in [6, 6.07) is 17.1. The van der Waals surface area contributed by atoms with Crippen LogP contribution in [0.2, 0.25) is 0 Å².